The lowest BCUT2D eigenvalue weighted by molar-refractivity contribution is -0.119. The summed E-state index contributed by atoms with van der Waals surface area (Å²) in [5.41, 5.74) is 3.07. The highest BCUT2D eigenvalue weighted by atomic mass is 16.2. The van der Waals surface area contributed by atoms with Gasteiger partial charge in [0, 0.05) is 55.3 Å². The van der Waals surface area contributed by atoms with Gasteiger partial charge in [0.25, 0.3) is 5.91 Å². The number of amides is 2. The van der Waals surface area contributed by atoms with Gasteiger partial charge in [-0.2, -0.15) is 10.4 Å². The van der Waals surface area contributed by atoms with E-state index in [1.807, 2.05) is 46.1 Å². The Balaban J connectivity index is 1.09. The number of piperidine rings is 1. The topological polar surface area (TPSA) is 129 Å². The Hall–Kier alpha value is -4.26. The molecule has 0 radical (unpaired) electrons. The SMILES string of the molecule is N#CCC(C1CCCC1)n1cc(-c2ccnc(Nc3ccc(C(=O)N4CCC5(CC4)CNC(=O)C5)cc3)n2)cn1. The fourth-order valence-corrected chi connectivity index (χ4v) is 6.44. The zero-order valence-corrected chi connectivity index (χ0v) is 22.6. The zero-order valence-electron chi connectivity index (χ0n) is 22.6. The van der Waals surface area contributed by atoms with E-state index in [0.717, 1.165) is 49.2 Å². The summed E-state index contributed by atoms with van der Waals surface area (Å²) in [4.78, 5) is 35.7. The van der Waals surface area contributed by atoms with Gasteiger partial charge in [0.2, 0.25) is 11.9 Å². The van der Waals surface area contributed by atoms with E-state index in [2.05, 4.69) is 31.8 Å². The monoisotopic (exact) mass is 538 g/mol. The molecule has 2 aliphatic heterocycles. The van der Waals surface area contributed by atoms with Crippen LogP contribution < -0.4 is 10.6 Å². The lowest BCUT2D eigenvalue weighted by Gasteiger charge is -2.38. The van der Waals surface area contributed by atoms with Crippen molar-refractivity contribution in [3.63, 3.8) is 0 Å². The summed E-state index contributed by atoms with van der Waals surface area (Å²) in [7, 11) is 0. The van der Waals surface area contributed by atoms with Gasteiger partial charge in [0.15, 0.2) is 0 Å². The quantitative estimate of drug-likeness (QED) is 0.454. The molecular formula is C30H34N8O2. The minimum absolute atomic E-state index is 0.0150. The van der Waals surface area contributed by atoms with Crippen molar-refractivity contribution in [2.24, 2.45) is 11.3 Å². The number of hydrogen-bond acceptors (Lipinski definition) is 7. The Kier molecular flexibility index (Phi) is 7.20. The molecule has 1 atom stereocenters. The maximum absolute atomic E-state index is 13.1. The molecule has 4 heterocycles. The van der Waals surface area contributed by atoms with Gasteiger partial charge in [-0.25, -0.2) is 9.97 Å². The number of likely N-dealkylation sites (tertiary alicyclic amines) is 1. The van der Waals surface area contributed by atoms with Crippen LogP contribution in [-0.4, -0.2) is 56.1 Å². The lowest BCUT2D eigenvalue weighted by Crippen LogP contribution is -2.44. The normalized spacial score (nSPS) is 19.4. The average molecular weight is 539 g/mol. The van der Waals surface area contributed by atoms with E-state index in [-0.39, 0.29) is 23.3 Å². The van der Waals surface area contributed by atoms with Crippen molar-refractivity contribution in [3.05, 3.63) is 54.5 Å². The van der Waals surface area contributed by atoms with Crippen molar-refractivity contribution in [1.82, 2.24) is 30.0 Å². The van der Waals surface area contributed by atoms with E-state index in [1.54, 1.807) is 12.4 Å². The smallest absolute Gasteiger partial charge is 0.253 e. The lowest BCUT2D eigenvalue weighted by atomic mass is 9.77. The summed E-state index contributed by atoms with van der Waals surface area (Å²) >= 11 is 0. The van der Waals surface area contributed by atoms with Crippen molar-refractivity contribution in [2.45, 2.75) is 57.4 Å². The minimum atomic E-state index is 0.0150. The molecule has 3 aromatic rings. The van der Waals surface area contributed by atoms with E-state index >= 15 is 0 Å². The molecule has 0 bridgehead atoms. The number of aromatic nitrogens is 4. The Bertz CT molecular complexity index is 1410. The highest BCUT2D eigenvalue weighted by molar-refractivity contribution is 5.94. The van der Waals surface area contributed by atoms with Gasteiger partial charge in [-0.1, -0.05) is 12.8 Å². The molecule has 206 valence electrons. The molecule has 1 aliphatic carbocycles. The third-order valence-corrected chi connectivity index (χ3v) is 8.83. The highest BCUT2D eigenvalue weighted by Gasteiger charge is 2.41. The maximum Gasteiger partial charge on any atom is 0.253 e. The van der Waals surface area contributed by atoms with Gasteiger partial charge in [-0.05, 0) is 67.3 Å². The van der Waals surface area contributed by atoms with Gasteiger partial charge in [-0.15, -0.1) is 0 Å². The van der Waals surface area contributed by atoms with Crippen molar-refractivity contribution in [3.8, 4) is 17.3 Å². The Morgan fingerprint density at radius 2 is 1.95 bits per heavy atom. The molecule has 2 N–H and O–H groups in total. The van der Waals surface area contributed by atoms with Gasteiger partial charge in [-0.3, -0.25) is 14.3 Å². The maximum atomic E-state index is 13.1. The van der Waals surface area contributed by atoms with Gasteiger partial charge >= 0.3 is 0 Å². The number of rotatable bonds is 7. The summed E-state index contributed by atoms with van der Waals surface area (Å²) in [6.45, 7) is 2.06. The molecule has 2 amide bonds. The van der Waals surface area contributed by atoms with E-state index in [9.17, 15) is 14.9 Å². The third kappa shape index (κ3) is 5.41. The van der Waals surface area contributed by atoms with Crippen molar-refractivity contribution < 1.29 is 9.59 Å². The Labute approximate surface area is 233 Å². The predicted octanol–water partition coefficient (Wildman–Crippen LogP) is 4.47. The summed E-state index contributed by atoms with van der Waals surface area (Å²) in [5, 5.41) is 20.1. The van der Waals surface area contributed by atoms with Crippen LogP contribution in [0.5, 0.6) is 0 Å². The van der Waals surface area contributed by atoms with Crippen molar-refractivity contribution in [1.29, 1.82) is 5.26 Å². The molecule has 1 unspecified atom stereocenters. The number of carbonyl (C=O) groups is 2. The van der Waals surface area contributed by atoms with E-state index in [0.29, 0.717) is 43.4 Å². The van der Waals surface area contributed by atoms with Gasteiger partial charge < -0.3 is 15.5 Å². The molecular weight excluding hydrogens is 504 g/mol. The first-order chi connectivity index (χ1) is 19.5. The summed E-state index contributed by atoms with van der Waals surface area (Å²) in [5.74, 6) is 1.08. The standard InChI is InChI=1S/C30H34N8O2/c31-13-9-26(21-3-1-2-4-21)38-19-23(18-34-38)25-10-14-32-29(36-25)35-24-7-5-22(6-8-24)28(40)37-15-11-30(12-16-37)17-27(39)33-20-30/h5-8,10,14,18-19,21,26H,1-4,9,11-12,15-17,20H2,(H,33,39)(H,32,35,36). The summed E-state index contributed by atoms with van der Waals surface area (Å²) < 4.78 is 1.94. The second-order valence-electron chi connectivity index (χ2n) is 11.4. The largest absolute Gasteiger partial charge is 0.356 e. The van der Waals surface area contributed by atoms with Crippen molar-refractivity contribution in [2.75, 3.05) is 25.0 Å². The van der Waals surface area contributed by atoms with Crippen LogP contribution in [0.15, 0.2) is 48.9 Å². The highest BCUT2D eigenvalue weighted by Crippen LogP contribution is 2.38. The fraction of sp³-hybridized carbons (Fsp3) is 0.467. The van der Waals surface area contributed by atoms with Crippen LogP contribution in [0.4, 0.5) is 11.6 Å². The molecule has 3 fully saturated rings. The number of benzene rings is 1. The fourth-order valence-electron chi connectivity index (χ4n) is 6.44. The molecule has 2 aromatic heterocycles. The molecule has 10 nitrogen and oxygen atoms in total. The number of nitriles is 1. The van der Waals surface area contributed by atoms with E-state index in [4.69, 9.17) is 0 Å². The van der Waals surface area contributed by atoms with Crippen LogP contribution in [0, 0.1) is 22.7 Å². The first-order valence-corrected chi connectivity index (χ1v) is 14.2. The molecule has 1 saturated carbocycles. The van der Waals surface area contributed by atoms with Crippen LogP contribution in [0.3, 0.4) is 0 Å². The van der Waals surface area contributed by atoms with E-state index in [1.165, 1.54) is 12.8 Å². The molecule has 1 aromatic carbocycles. The molecule has 6 rings (SSSR count). The minimum Gasteiger partial charge on any atom is -0.356 e. The second kappa shape index (κ2) is 11.1. The molecule has 1 spiro atoms. The summed E-state index contributed by atoms with van der Waals surface area (Å²) in [6.07, 6.45) is 12.9. The van der Waals surface area contributed by atoms with Crippen LogP contribution >= 0.6 is 0 Å². The summed E-state index contributed by atoms with van der Waals surface area (Å²) in [6, 6.07) is 11.6. The average Bonchev–Trinajstić information content (AvgIpc) is 3.75. The van der Waals surface area contributed by atoms with Gasteiger partial charge in [0.1, 0.15) is 0 Å². The first-order valence-electron chi connectivity index (χ1n) is 14.2. The number of anilines is 2. The van der Waals surface area contributed by atoms with Crippen LogP contribution in [-0.2, 0) is 4.79 Å². The zero-order chi connectivity index (χ0) is 27.5. The first kappa shape index (κ1) is 26.0. The number of nitrogens with one attached hydrogen (secondary N) is 2. The number of carbonyl (C=O) groups excluding carboxylic acids is 2. The van der Waals surface area contributed by atoms with Crippen LogP contribution in [0.2, 0.25) is 0 Å². The van der Waals surface area contributed by atoms with Crippen LogP contribution in [0.25, 0.3) is 11.3 Å². The van der Waals surface area contributed by atoms with Gasteiger partial charge in [0.05, 0.1) is 30.4 Å². The molecule has 2 saturated heterocycles. The third-order valence-electron chi connectivity index (χ3n) is 8.83. The second-order valence-corrected chi connectivity index (χ2v) is 11.4. The van der Waals surface area contributed by atoms with E-state index < -0.39 is 0 Å². The Morgan fingerprint density at radius 3 is 2.65 bits per heavy atom. The molecule has 3 aliphatic rings. The Morgan fingerprint density at radius 1 is 1.18 bits per heavy atom. The predicted molar refractivity (Wildman–Crippen MR) is 149 cm³/mol. The molecule has 10 heteroatoms. The van der Waals surface area contributed by atoms with Crippen molar-refractivity contribution >= 4 is 23.5 Å². The number of nitrogens with zero attached hydrogens (tertiary/aromatic N) is 6. The van der Waals surface area contributed by atoms with Crippen LogP contribution in [0.1, 0.15) is 67.8 Å². The number of hydrogen-bond donors (Lipinski definition) is 2. The molecule has 40 heavy (non-hydrogen) atoms.